The number of carbonyl (C=O) groups is 1. The zero-order valence-corrected chi connectivity index (χ0v) is 17.8. The average molecular weight is 413 g/mol. The summed E-state index contributed by atoms with van der Waals surface area (Å²) in [5.74, 6) is -0.0930. The highest BCUT2D eigenvalue weighted by Gasteiger charge is 2.18. The van der Waals surface area contributed by atoms with Crippen molar-refractivity contribution < 1.29 is 4.79 Å². The minimum atomic E-state index is -0.0930. The Morgan fingerprint density at radius 3 is 2.52 bits per heavy atom. The van der Waals surface area contributed by atoms with Crippen molar-refractivity contribution in [2.24, 2.45) is 5.73 Å². The zero-order chi connectivity index (χ0) is 19.9. The van der Waals surface area contributed by atoms with Gasteiger partial charge < -0.3 is 11.1 Å². The van der Waals surface area contributed by atoms with Gasteiger partial charge >= 0.3 is 0 Å². The predicted molar refractivity (Wildman–Crippen MR) is 121 cm³/mol. The number of halogens is 1. The molecular weight excluding hydrogens is 384 g/mol. The first kappa shape index (κ1) is 22.7. The van der Waals surface area contributed by atoms with Crippen molar-refractivity contribution in [3.8, 4) is 11.3 Å². The Balaban J connectivity index is 0.00000300. The van der Waals surface area contributed by atoms with Crippen LogP contribution in [0.2, 0.25) is 0 Å². The number of nitrogens with zero attached hydrogens (tertiary/aromatic N) is 2. The Bertz CT molecular complexity index is 937. The van der Waals surface area contributed by atoms with Crippen molar-refractivity contribution in [2.75, 3.05) is 13.1 Å². The third-order valence-corrected chi connectivity index (χ3v) is 4.89. The summed E-state index contributed by atoms with van der Waals surface area (Å²) in [5.41, 5.74) is 11.4. The third-order valence-electron chi connectivity index (χ3n) is 4.89. The smallest absolute Gasteiger partial charge is 0.255 e. The van der Waals surface area contributed by atoms with E-state index in [-0.39, 0.29) is 18.3 Å². The lowest BCUT2D eigenvalue weighted by molar-refractivity contribution is 0.0953. The highest BCUT2D eigenvalue weighted by atomic mass is 35.5. The summed E-state index contributed by atoms with van der Waals surface area (Å²) in [4.78, 5) is 12.8. The summed E-state index contributed by atoms with van der Waals surface area (Å²) < 4.78 is 1.84. The predicted octanol–water partition coefficient (Wildman–Crippen LogP) is 4.11. The van der Waals surface area contributed by atoms with Gasteiger partial charge in [-0.25, -0.2) is 0 Å². The second-order valence-corrected chi connectivity index (χ2v) is 7.13. The van der Waals surface area contributed by atoms with Gasteiger partial charge in [-0.2, -0.15) is 5.10 Å². The van der Waals surface area contributed by atoms with Gasteiger partial charge in [0.05, 0.1) is 12.1 Å². The largest absolute Gasteiger partial charge is 0.352 e. The monoisotopic (exact) mass is 412 g/mol. The molecule has 5 nitrogen and oxygen atoms in total. The molecule has 0 unspecified atom stereocenters. The molecule has 0 spiro atoms. The van der Waals surface area contributed by atoms with Gasteiger partial charge in [-0.3, -0.25) is 9.48 Å². The molecule has 0 radical (unpaired) electrons. The molecular formula is C23H29ClN4O. The minimum Gasteiger partial charge on any atom is -0.352 e. The van der Waals surface area contributed by atoms with Gasteiger partial charge in [0.1, 0.15) is 5.69 Å². The van der Waals surface area contributed by atoms with Crippen LogP contribution in [0.15, 0.2) is 54.7 Å². The Morgan fingerprint density at radius 2 is 1.83 bits per heavy atom. The van der Waals surface area contributed by atoms with Crippen molar-refractivity contribution in [3.05, 3.63) is 77.0 Å². The highest BCUT2D eigenvalue weighted by Crippen LogP contribution is 2.25. The van der Waals surface area contributed by atoms with Gasteiger partial charge in [-0.1, -0.05) is 42.5 Å². The lowest BCUT2D eigenvalue weighted by Crippen LogP contribution is -2.25. The van der Waals surface area contributed by atoms with Crippen LogP contribution in [0.1, 0.15) is 39.9 Å². The Morgan fingerprint density at radius 1 is 1.07 bits per heavy atom. The summed E-state index contributed by atoms with van der Waals surface area (Å²) in [6.07, 6.45) is 3.62. The maximum atomic E-state index is 12.8. The molecule has 0 aliphatic heterocycles. The van der Waals surface area contributed by atoms with Crippen LogP contribution in [-0.2, 0) is 6.54 Å². The normalized spacial score (nSPS) is 10.4. The van der Waals surface area contributed by atoms with Crippen molar-refractivity contribution in [3.63, 3.8) is 0 Å². The van der Waals surface area contributed by atoms with Crippen LogP contribution < -0.4 is 11.1 Å². The molecule has 0 saturated carbocycles. The van der Waals surface area contributed by atoms with E-state index in [2.05, 4.69) is 43.4 Å². The number of aromatic nitrogens is 2. The number of rotatable bonds is 8. The van der Waals surface area contributed by atoms with E-state index in [0.29, 0.717) is 25.2 Å². The first-order valence-corrected chi connectivity index (χ1v) is 9.75. The molecule has 3 rings (SSSR count). The molecule has 0 fully saturated rings. The van der Waals surface area contributed by atoms with E-state index >= 15 is 0 Å². The number of benzene rings is 2. The molecule has 1 aromatic heterocycles. The van der Waals surface area contributed by atoms with Crippen molar-refractivity contribution in [1.82, 2.24) is 15.1 Å². The quantitative estimate of drug-likeness (QED) is 0.547. The van der Waals surface area contributed by atoms with Crippen molar-refractivity contribution in [1.29, 1.82) is 0 Å². The fourth-order valence-corrected chi connectivity index (χ4v) is 3.11. The van der Waals surface area contributed by atoms with Crippen molar-refractivity contribution >= 4 is 18.3 Å². The summed E-state index contributed by atoms with van der Waals surface area (Å²) in [6.45, 7) is 6.04. The standard InChI is InChI=1S/C23H28N4O.ClH/c1-17-10-11-20(14-18(17)2)22-21(23(28)25-13-7-6-12-24)16-27(26-22)15-19-8-4-3-5-9-19;/h3-5,8-11,14,16H,6-7,12-13,15,24H2,1-2H3,(H,25,28);1H. The van der Waals surface area contributed by atoms with Gasteiger partial charge in [0.25, 0.3) is 5.91 Å². The fraction of sp³-hybridized carbons (Fsp3) is 0.304. The Kier molecular flexibility index (Phi) is 8.43. The molecule has 154 valence electrons. The molecule has 3 aromatic rings. The molecule has 3 N–H and O–H groups in total. The topological polar surface area (TPSA) is 72.9 Å². The summed E-state index contributed by atoms with van der Waals surface area (Å²) in [6, 6.07) is 16.3. The van der Waals surface area contributed by atoms with Crippen LogP contribution in [0.4, 0.5) is 0 Å². The molecule has 0 aliphatic rings. The van der Waals surface area contributed by atoms with Gasteiger partial charge in [-0.15, -0.1) is 12.4 Å². The van der Waals surface area contributed by atoms with E-state index in [1.54, 1.807) is 0 Å². The third kappa shape index (κ3) is 5.92. The summed E-state index contributed by atoms with van der Waals surface area (Å²) in [5, 5.41) is 7.75. The number of nitrogens with two attached hydrogens (primary N) is 1. The van der Waals surface area contributed by atoms with E-state index in [1.807, 2.05) is 35.1 Å². The lowest BCUT2D eigenvalue weighted by Gasteiger charge is -2.07. The number of nitrogens with one attached hydrogen (secondary N) is 1. The van der Waals surface area contributed by atoms with Crippen LogP contribution in [0.25, 0.3) is 11.3 Å². The molecule has 1 amide bonds. The second kappa shape index (κ2) is 10.8. The van der Waals surface area contributed by atoms with Gasteiger partial charge in [-0.05, 0) is 56.0 Å². The molecule has 2 aromatic carbocycles. The molecule has 0 atom stereocenters. The SMILES string of the molecule is Cc1ccc(-c2nn(Cc3ccccc3)cc2C(=O)NCCCCN)cc1C.Cl. The molecule has 0 saturated heterocycles. The molecule has 1 heterocycles. The fourth-order valence-electron chi connectivity index (χ4n) is 3.11. The van der Waals surface area contributed by atoms with E-state index in [0.717, 1.165) is 29.7 Å². The first-order valence-electron chi connectivity index (χ1n) is 9.75. The van der Waals surface area contributed by atoms with Crippen LogP contribution >= 0.6 is 12.4 Å². The molecule has 0 aliphatic carbocycles. The number of amides is 1. The highest BCUT2D eigenvalue weighted by molar-refractivity contribution is 5.99. The summed E-state index contributed by atoms with van der Waals surface area (Å²) in [7, 11) is 0. The maximum absolute atomic E-state index is 12.8. The van der Waals surface area contributed by atoms with Gasteiger partial charge in [0.15, 0.2) is 0 Å². The lowest BCUT2D eigenvalue weighted by atomic mass is 10.0. The maximum Gasteiger partial charge on any atom is 0.255 e. The Labute approximate surface area is 178 Å². The van der Waals surface area contributed by atoms with Crippen LogP contribution in [0.3, 0.4) is 0 Å². The van der Waals surface area contributed by atoms with E-state index in [1.165, 1.54) is 11.1 Å². The van der Waals surface area contributed by atoms with E-state index in [9.17, 15) is 4.79 Å². The summed E-state index contributed by atoms with van der Waals surface area (Å²) >= 11 is 0. The minimum absolute atomic E-state index is 0. The van der Waals surface area contributed by atoms with E-state index in [4.69, 9.17) is 10.8 Å². The number of carbonyl (C=O) groups excluding carboxylic acids is 1. The number of aryl methyl sites for hydroxylation is 2. The number of hydrogen-bond donors (Lipinski definition) is 2. The van der Waals surface area contributed by atoms with Crippen LogP contribution in [0, 0.1) is 13.8 Å². The van der Waals surface area contributed by atoms with Crippen molar-refractivity contribution in [2.45, 2.75) is 33.2 Å². The van der Waals surface area contributed by atoms with Gasteiger partial charge in [0.2, 0.25) is 0 Å². The van der Waals surface area contributed by atoms with Crippen LogP contribution in [-0.4, -0.2) is 28.8 Å². The number of unbranched alkanes of at least 4 members (excludes halogenated alkanes) is 1. The molecule has 6 heteroatoms. The Hall–Kier alpha value is -2.63. The number of hydrogen-bond acceptors (Lipinski definition) is 3. The van der Waals surface area contributed by atoms with Crippen LogP contribution in [0.5, 0.6) is 0 Å². The first-order chi connectivity index (χ1) is 13.6. The van der Waals surface area contributed by atoms with E-state index < -0.39 is 0 Å². The zero-order valence-electron chi connectivity index (χ0n) is 17.0. The molecule has 29 heavy (non-hydrogen) atoms. The van der Waals surface area contributed by atoms with Gasteiger partial charge in [0, 0.05) is 18.3 Å². The average Bonchev–Trinajstić information content (AvgIpc) is 3.12. The molecule has 0 bridgehead atoms. The second-order valence-electron chi connectivity index (χ2n) is 7.13.